The van der Waals surface area contributed by atoms with Gasteiger partial charge in [-0.05, 0) is 18.8 Å². The van der Waals surface area contributed by atoms with E-state index in [9.17, 15) is 0 Å². The van der Waals surface area contributed by atoms with Crippen molar-refractivity contribution in [2.24, 2.45) is 5.92 Å². The van der Waals surface area contributed by atoms with Crippen LogP contribution in [0.5, 0.6) is 0 Å². The monoisotopic (exact) mass is 231 g/mol. The fourth-order valence-electron chi connectivity index (χ4n) is 2.13. The van der Waals surface area contributed by atoms with Crippen LogP contribution in [0.3, 0.4) is 0 Å². The Kier molecular flexibility index (Phi) is 7.49. The number of hydrogen-bond donors (Lipinski definition) is 1. The summed E-state index contributed by atoms with van der Waals surface area (Å²) < 4.78 is 4.98. The fraction of sp³-hybridized carbons (Fsp3) is 1.00. The third-order valence-corrected chi connectivity index (χ3v) is 4.34. The molecule has 1 saturated carbocycles. The van der Waals surface area contributed by atoms with E-state index in [0.29, 0.717) is 0 Å². The summed E-state index contributed by atoms with van der Waals surface area (Å²) in [5.74, 6) is 2.21. The van der Waals surface area contributed by atoms with E-state index in [1.807, 2.05) is 0 Å². The van der Waals surface area contributed by atoms with Gasteiger partial charge in [0.15, 0.2) is 0 Å². The van der Waals surface area contributed by atoms with E-state index in [4.69, 9.17) is 4.74 Å². The quantitative estimate of drug-likeness (QED) is 0.680. The summed E-state index contributed by atoms with van der Waals surface area (Å²) in [5.41, 5.74) is 0. The first-order valence-electron chi connectivity index (χ1n) is 6.14. The summed E-state index contributed by atoms with van der Waals surface area (Å²) in [4.78, 5) is 0. The smallest absolute Gasteiger partial charge is 0.0587 e. The van der Waals surface area contributed by atoms with Gasteiger partial charge in [0.25, 0.3) is 0 Å². The van der Waals surface area contributed by atoms with Gasteiger partial charge >= 0.3 is 0 Å². The van der Waals surface area contributed by atoms with E-state index < -0.39 is 0 Å². The molecule has 1 N–H and O–H groups in total. The molecule has 3 heteroatoms. The van der Waals surface area contributed by atoms with Crippen LogP contribution in [0, 0.1) is 5.92 Å². The average molecular weight is 231 g/mol. The van der Waals surface area contributed by atoms with Crippen molar-refractivity contribution >= 4 is 11.8 Å². The molecule has 0 amide bonds. The molecule has 0 spiro atoms. The van der Waals surface area contributed by atoms with Crippen LogP contribution in [0.2, 0.25) is 0 Å². The highest BCUT2D eigenvalue weighted by molar-refractivity contribution is 7.99. The normalized spacial score (nSPS) is 26.8. The van der Waals surface area contributed by atoms with Gasteiger partial charge in [0.1, 0.15) is 0 Å². The van der Waals surface area contributed by atoms with E-state index >= 15 is 0 Å². The van der Waals surface area contributed by atoms with Crippen LogP contribution in [0.15, 0.2) is 0 Å². The van der Waals surface area contributed by atoms with Crippen molar-refractivity contribution in [2.75, 3.05) is 32.6 Å². The first kappa shape index (κ1) is 13.3. The summed E-state index contributed by atoms with van der Waals surface area (Å²) >= 11 is 2.16. The maximum absolute atomic E-state index is 4.98. The highest BCUT2D eigenvalue weighted by Gasteiger charge is 2.18. The second kappa shape index (κ2) is 8.43. The maximum Gasteiger partial charge on any atom is 0.0587 e. The molecule has 1 aliphatic rings. The first-order valence-corrected chi connectivity index (χ1v) is 7.19. The van der Waals surface area contributed by atoms with Gasteiger partial charge in [-0.1, -0.05) is 19.8 Å². The molecule has 0 aliphatic heterocycles. The highest BCUT2D eigenvalue weighted by Crippen LogP contribution is 2.31. The molecule has 1 aliphatic carbocycles. The van der Waals surface area contributed by atoms with E-state index in [2.05, 4.69) is 24.0 Å². The van der Waals surface area contributed by atoms with E-state index in [0.717, 1.165) is 30.9 Å². The standard InChI is InChI=1S/C12H25NOS/c1-11-4-3-5-12(10-11)15-9-7-13-6-8-14-2/h11-13H,3-10H2,1-2H3. The molecule has 0 heterocycles. The summed E-state index contributed by atoms with van der Waals surface area (Å²) in [6.07, 6.45) is 5.76. The van der Waals surface area contributed by atoms with Crippen LogP contribution in [-0.4, -0.2) is 37.8 Å². The lowest BCUT2D eigenvalue weighted by Crippen LogP contribution is -2.23. The molecule has 0 radical (unpaired) electrons. The first-order chi connectivity index (χ1) is 7.33. The zero-order chi connectivity index (χ0) is 10.9. The molecule has 0 aromatic rings. The van der Waals surface area contributed by atoms with E-state index in [1.165, 1.54) is 31.4 Å². The van der Waals surface area contributed by atoms with Crippen molar-refractivity contribution in [3.63, 3.8) is 0 Å². The number of ether oxygens (including phenoxy) is 1. The second-order valence-electron chi connectivity index (χ2n) is 4.51. The molecule has 0 saturated heterocycles. The topological polar surface area (TPSA) is 21.3 Å². The lowest BCUT2D eigenvalue weighted by atomic mass is 9.91. The van der Waals surface area contributed by atoms with Crippen molar-refractivity contribution in [1.82, 2.24) is 5.32 Å². The molecule has 1 fully saturated rings. The molecule has 2 unspecified atom stereocenters. The van der Waals surface area contributed by atoms with Gasteiger partial charge in [-0.15, -0.1) is 0 Å². The molecule has 15 heavy (non-hydrogen) atoms. The average Bonchev–Trinajstić information content (AvgIpc) is 2.23. The zero-order valence-electron chi connectivity index (χ0n) is 10.1. The lowest BCUT2D eigenvalue weighted by Gasteiger charge is -2.26. The molecular weight excluding hydrogens is 206 g/mol. The van der Waals surface area contributed by atoms with Crippen molar-refractivity contribution < 1.29 is 4.74 Å². The van der Waals surface area contributed by atoms with Crippen molar-refractivity contribution in [1.29, 1.82) is 0 Å². The Morgan fingerprint density at radius 3 is 2.93 bits per heavy atom. The molecule has 0 bridgehead atoms. The molecule has 2 nitrogen and oxygen atoms in total. The maximum atomic E-state index is 4.98. The lowest BCUT2D eigenvalue weighted by molar-refractivity contribution is 0.200. The van der Waals surface area contributed by atoms with Crippen LogP contribution < -0.4 is 5.32 Å². The minimum Gasteiger partial charge on any atom is -0.383 e. The van der Waals surface area contributed by atoms with Crippen LogP contribution >= 0.6 is 11.8 Å². The van der Waals surface area contributed by atoms with Crippen molar-refractivity contribution in [3.05, 3.63) is 0 Å². The zero-order valence-corrected chi connectivity index (χ0v) is 10.9. The highest BCUT2D eigenvalue weighted by atomic mass is 32.2. The number of hydrogen-bond acceptors (Lipinski definition) is 3. The fourth-order valence-corrected chi connectivity index (χ4v) is 3.52. The van der Waals surface area contributed by atoms with E-state index in [1.54, 1.807) is 7.11 Å². The van der Waals surface area contributed by atoms with Crippen LogP contribution in [0.25, 0.3) is 0 Å². The third kappa shape index (κ3) is 6.44. The van der Waals surface area contributed by atoms with Gasteiger partial charge in [0.2, 0.25) is 0 Å². The van der Waals surface area contributed by atoms with Gasteiger partial charge in [-0.3, -0.25) is 0 Å². The third-order valence-electron chi connectivity index (χ3n) is 3.00. The molecule has 1 rings (SSSR count). The Morgan fingerprint density at radius 2 is 2.20 bits per heavy atom. The predicted octanol–water partition coefficient (Wildman–Crippen LogP) is 2.53. The SMILES string of the molecule is COCCNCCSC1CCCC(C)C1. The van der Waals surface area contributed by atoms with E-state index in [-0.39, 0.29) is 0 Å². The molecular formula is C12H25NOS. The Morgan fingerprint density at radius 1 is 1.33 bits per heavy atom. The number of methoxy groups -OCH3 is 1. The number of rotatable bonds is 7. The molecule has 0 aromatic heterocycles. The summed E-state index contributed by atoms with van der Waals surface area (Å²) in [5, 5.41) is 4.32. The van der Waals surface area contributed by atoms with Gasteiger partial charge < -0.3 is 10.1 Å². The molecule has 0 aromatic carbocycles. The van der Waals surface area contributed by atoms with Gasteiger partial charge in [0, 0.05) is 31.2 Å². The summed E-state index contributed by atoms with van der Waals surface area (Å²) in [6.45, 7) is 5.33. The number of nitrogens with one attached hydrogen (secondary N) is 1. The van der Waals surface area contributed by atoms with Crippen molar-refractivity contribution in [2.45, 2.75) is 37.9 Å². The van der Waals surface area contributed by atoms with Gasteiger partial charge in [-0.25, -0.2) is 0 Å². The molecule has 2 atom stereocenters. The van der Waals surface area contributed by atoms with Crippen LogP contribution in [0.4, 0.5) is 0 Å². The van der Waals surface area contributed by atoms with Gasteiger partial charge in [-0.2, -0.15) is 11.8 Å². The number of thioether (sulfide) groups is 1. The molecule has 90 valence electrons. The Hall–Kier alpha value is 0.270. The van der Waals surface area contributed by atoms with Crippen LogP contribution in [0.1, 0.15) is 32.6 Å². The van der Waals surface area contributed by atoms with Gasteiger partial charge in [0.05, 0.1) is 6.61 Å². The minimum atomic E-state index is 0.825. The largest absolute Gasteiger partial charge is 0.383 e. The summed E-state index contributed by atoms with van der Waals surface area (Å²) in [6, 6.07) is 0. The Balaban J connectivity index is 1.90. The Labute approximate surface area is 98.5 Å². The minimum absolute atomic E-state index is 0.825. The van der Waals surface area contributed by atoms with Crippen molar-refractivity contribution in [3.8, 4) is 0 Å². The Bertz CT molecular complexity index is 155. The van der Waals surface area contributed by atoms with Crippen LogP contribution in [-0.2, 0) is 4.74 Å². The second-order valence-corrected chi connectivity index (χ2v) is 5.92. The predicted molar refractivity (Wildman–Crippen MR) is 68.6 cm³/mol. The summed E-state index contributed by atoms with van der Waals surface area (Å²) in [7, 11) is 1.75.